The third-order valence-corrected chi connectivity index (χ3v) is 3.30. The summed E-state index contributed by atoms with van der Waals surface area (Å²) in [5.41, 5.74) is 0.917. The highest BCUT2D eigenvalue weighted by Gasteiger charge is 2.20. The average molecular weight is 281 g/mol. The number of aromatic nitrogens is 3. The molecule has 4 rings (SSSR count). The molecular formula is C15H11N3O3. The molecule has 21 heavy (non-hydrogen) atoms. The lowest BCUT2D eigenvalue weighted by Crippen LogP contribution is -2.17. The summed E-state index contributed by atoms with van der Waals surface area (Å²) < 4.78 is 12.2. The molecule has 2 aromatic heterocycles. The molecule has 4 heterocycles. The summed E-state index contributed by atoms with van der Waals surface area (Å²) in [7, 11) is 0. The fourth-order valence-electron chi connectivity index (χ4n) is 2.36. The Kier molecular flexibility index (Phi) is 2.53. The van der Waals surface area contributed by atoms with Crippen molar-refractivity contribution in [2.24, 2.45) is 0 Å². The smallest absolute Gasteiger partial charge is 0.279 e. The molecule has 0 saturated heterocycles. The van der Waals surface area contributed by atoms with E-state index in [0.717, 1.165) is 0 Å². The van der Waals surface area contributed by atoms with Crippen molar-refractivity contribution in [2.75, 3.05) is 0 Å². The lowest BCUT2D eigenvalue weighted by Gasteiger charge is -2.05. The Hall–Kier alpha value is -3.02. The molecule has 2 aliphatic rings. The number of fused-ring (bicyclic) bond motifs is 1. The zero-order valence-corrected chi connectivity index (χ0v) is 10.9. The maximum atomic E-state index is 12.6. The Bertz CT molecular complexity index is 885. The summed E-state index contributed by atoms with van der Waals surface area (Å²) in [5, 5.41) is 0. The number of hydrogen-bond donors (Lipinski definition) is 1. The second-order valence-corrected chi connectivity index (χ2v) is 4.63. The third-order valence-electron chi connectivity index (χ3n) is 3.30. The first kappa shape index (κ1) is 11.8. The number of H-pyrrole nitrogens is 1. The maximum Gasteiger partial charge on any atom is 0.279 e. The van der Waals surface area contributed by atoms with Crippen LogP contribution in [0.25, 0.3) is 17.3 Å². The van der Waals surface area contributed by atoms with Gasteiger partial charge in [0.05, 0.1) is 18.9 Å². The first-order chi connectivity index (χ1) is 10.3. The molecule has 6 heteroatoms. The molecule has 0 radical (unpaired) electrons. The minimum atomic E-state index is -0.165. The molecule has 0 saturated carbocycles. The van der Waals surface area contributed by atoms with Crippen molar-refractivity contribution in [3.63, 3.8) is 0 Å². The molecular weight excluding hydrogens is 270 g/mol. The summed E-state index contributed by atoms with van der Waals surface area (Å²) in [6.45, 7) is 0. The number of nitrogens with zero attached hydrogens (tertiary/aromatic N) is 2. The van der Waals surface area contributed by atoms with Crippen LogP contribution in [0.15, 0.2) is 62.8 Å². The molecule has 0 amide bonds. The van der Waals surface area contributed by atoms with Gasteiger partial charge in [-0.1, -0.05) is 0 Å². The number of aromatic amines is 1. The predicted octanol–water partition coefficient (Wildman–Crippen LogP) is 2.44. The Morgan fingerprint density at radius 1 is 1.14 bits per heavy atom. The Morgan fingerprint density at radius 3 is 2.76 bits per heavy atom. The monoisotopic (exact) mass is 281 g/mol. The molecule has 0 unspecified atom stereocenters. The molecule has 0 fully saturated rings. The molecule has 0 atom stereocenters. The van der Waals surface area contributed by atoms with Crippen LogP contribution in [0.4, 0.5) is 0 Å². The molecule has 6 nitrogen and oxygen atoms in total. The fourth-order valence-corrected chi connectivity index (χ4v) is 2.36. The van der Waals surface area contributed by atoms with Crippen LogP contribution < -0.4 is 5.56 Å². The van der Waals surface area contributed by atoms with Gasteiger partial charge in [-0.15, -0.1) is 0 Å². The van der Waals surface area contributed by atoms with Gasteiger partial charge in [0.2, 0.25) is 0 Å². The van der Waals surface area contributed by atoms with Crippen molar-refractivity contribution < 1.29 is 8.83 Å². The quantitative estimate of drug-likeness (QED) is 0.625. The summed E-state index contributed by atoms with van der Waals surface area (Å²) in [6, 6.07) is 7.19. The van der Waals surface area contributed by atoms with Crippen LogP contribution in [0.2, 0.25) is 0 Å². The lowest BCUT2D eigenvalue weighted by molar-refractivity contribution is 0.519. The van der Waals surface area contributed by atoms with E-state index in [0.29, 0.717) is 35.1 Å². The van der Waals surface area contributed by atoms with Gasteiger partial charge < -0.3 is 13.8 Å². The summed E-state index contributed by atoms with van der Waals surface area (Å²) in [6.07, 6.45) is 6.91. The zero-order chi connectivity index (χ0) is 14.2. The van der Waals surface area contributed by atoms with E-state index in [1.165, 1.54) is 4.57 Å². The summed E-state index contributed by atoms with van der Waals surface area (Å²) in [5.74, 6) is 1.87. The standard InChI is InChI=1S/C15H11N3O3/c19-15-11(7-10-3-1-5-20-10)17-14-9-16-8-12(18(14)15)13-4-2-6-21-13/h1-6,8-9,16H,7H2. The Balaban J connectivity index is 1.88. The molecule has 0 bridgehead atoms. The molecule has 0 spiro atoms. The second-order valence-electron chi connectivity index (χ2n) is 4.63. The topological polar surface area (TPSA) is 77.0 Å². The number of nitrogens with one attached hydrogen (secondary N) is 1. The normalized spacial score (nSPS) is 11.2. The Labute approximate surface area is 119 Å². The van der Waals surface area contributed by atoms with Gasteiger partial charge in [0.1, 0.15) is 17.1 Å². The van der Waals surface area contributed by atoms with Crippen molar-refractivity contribution >= 4 is 0 Å². The van der Waals surface area contributed by atoms with Gasteiger partial charge >= 0.3 is 0 Å². The van der Waals surface area contributed by atoms with E-state index in [9.17, 15) is 4.79 Å². The van der Waals surface area contributed by atoms with Crippen molar-refractivity contribution in [2.45, 2.75) is 6.42 Å². The van der Waals surface area contributed by atoms with Gasteiger partial charge in [0.15, 0.2) is 11.6 Å². The van der Waals surface area contributed by atoms with E-state index in [4.69, 9.17) is 8.83 Å². The van der Waals surface area contributed by atoms with Crippen LogP contribution in [0.5, 0.6) is 0 Å². The lowest BCUT2D eigenvalue weighted by atomic mass is 10.2. The fraction of sp³-hybridized carbons (Fsp3) is 0.0667. The van der Waals surface area contributed by atoms with Crippen molar-refractivity contribution in [1.29, 1.82) is 0 Å². The van der Waals surface area contributed by atoms with Gasteiger partial charge in [-0.3, -0.25) is 9.36 Å². The largest absolute Gasteiger partial charge is 0.469 e. The summed E-state index contributed by atoms with van der Waals surface area (Å²) in [4.78, 5) is 19.9. The van der Waals surface area contributed by atoms with Crippen molar-refractivity contribution in [3.8, 4) is 17.3 Å². The van der Waals surface area contributed by atoms with Gasteiger partial charge in [0.25, 0.3) is 5.56 Å². The van der Waals surface area contributed by atoms with E-state index in [1.807, 2.05) is 6.07 Å². The Morgan fingerprint density at radius 2 is 2.00 bits per heavy atom. The van der Waals surface area contributed by atoms with Crippen molar-refractivity contribution in [1.82, 2.24) is 14.5 Å². The predicted molar refractivity (Wildman–Crippen MR) is 74.6 cm³/mol. The van der Waals surface area contributed by atoms with Crippen LogP contribution in [0.3, 0.4) is 0 Å². The molecule has 1 N–H and O–H groups in total. The average Bonchev–Trinajstić information content (AvgIpc) is 3.22. The van der Waals surface area contributed by atoms with Gasteiger partial charge in [-0.25, -0.2) is 4.98 Å². The molecule has 104 valence electrons. The first-order valence-electron chi connectivity index (χ1n) is 6.47. The number of hydrogen-bond acceptors (Lipinski definition) is 4. The number of imidazole rings is 1. The SMILES string of the molecule is O=c1c(Cc2ccco2)nc2c[nH]cc(-c3ccco3)n1-2. The maximum absolute atomic E-state index is 12.6. The molecule has 2 aliphatic heterocycles. The van der Waals surface area contributed by atoms with Gasteiger partial charge in [-0.2, -0.15) is 0 Å². The number of furan rings is 2. The van der Waals surface area contributed by atoms with Crippen molar-refractivity contribution in [3.05, 3.63) is 71.0 Å². The minimum absolute atomic E-state index is 0.165. The second kappa shape index (κ2) is 4.52. The van der Waals surface area contributed by atoms with E-state index < -0.39 is 0 Å². The first-order valence-corrected chi connectivity index (χ1v) is 6.47. The zero-order valence-electron chi connectivity index (χ0n) is 10.9. The molecule has 2 aromatic rings. The number of rotatable bonds is 3. The summed E-state index contributed by atoms with van der Waals surface area (Å²) >= 11 is 0. The van der Waals surface area contributed by atoms with E-state index in [-0.39, 0.29) is 5.56 Å². The highest BCUT2D eigenvalue weighted by Crippen LogP contribution is 2.22. The van der Waals surface area contributed by atoms with E-state index in [1.54, 1.807) is 43.1 Å². The van der Waals surface area contributed by atoms with Gasteiger partial charge in [-0.05, 0) is 24.3 Å². The van der Waals surface area contributed by atoms with Crippen LogP contribution in [-0.2, 0) is 6.42 Å². The van der Waals surface area contributed by atoms with Crippen LogP contribution in [0, 0.1) is 0 Å². The van der Waals surface area contributed by atoms with Gasteiger partial charge in [0, 0.05) is 12.4 Å². The van der Waals surface area contributed by atoms with Crippen LogP contribution in [0.1, 0.15) is 11.5 Å². The highest BCUT2D eigenvalue weighted by molar-refractivity contribution is 5.55. The highest BCUT2D eigenvalue weighted by atomic mass is 16.3. The minimum Gasteiger partial charge on any atom is -0.469 e. The van der Waals surface area contributed by atoms with Crippen LogP contribution in [-0.4, -0.2) is 14.5 Å². The third kappa shape index (κ3) is 1.88. The van der Waals surface area contributed by atoms with Crippen LogP contribution >= 0.6 is 0 Å². The molecule has 0 aliphatic carbocycles. The van der Waals surface area contributed by atoms with E-state index >= 15 is 0 Å². The molecule has 0 aromatic carbocycles. The van der Waals surface area contributed by atoms with E-state index in [2.05, 4.69) is 9.97 Å².